The summed E-state index contributed by atoms with van der Waals surface area (Å²) in [6, 6.07) is 8.03. The lowest BCUT2D eigenvalue weighted by Crippen LogP contribution is -2.19. The van der Waals surface area contributed by atoms with Crippen LogP contribution in [0.15, 0.2) is 33.5 Å². The molecule has 0 spiro atoms. The molecule has 1 unspecified atom stereocenters. The monoisotopic (exact) mass is 280 g/mol. The second-order valence-corrected chi connectivity index (χ2v) is 4.39. The Balaban J connectivity index is 1.88. The van der Waals surface area contributed by atoms with Crippen LogP contribution in [0.2, 0.25) is 0 Å². The molecule has 0 aliphatic carbocycles. The summed E-state index contributed by atoms with van der Waals surface area (Å²) in [7, 11) is 0. The van der Waals surface area contributed by atoms with Crippen molar-refractivity contribution >= 4 is 15.9 Å². The van der Waals surface area contributed by atoms with Gasteiger partial charge in [-0.2, -0.15) is 0 Å². The van der Waals surface area contributed by atoms with Crippen LogP contribution >= 0.6 is 15.9 Å². The highest BCUT2D eigenvalue weighted by Crippen LogP contribution is 2.31. The Labute approximate surface area is 101 Å². The van der Waals surface area contributed by atoms with Crippen molar-refractivity contribution in [2.24, 2.45) is 0 Å². The number of benzene rings is 1. The summed E-state index contributed by atoms with van der Waals surface area (Å²) < 4.78 is 11.0. The van der Waals surface area contributed by atoms with E-state index in [2.05, 4.69) is 32.2 Å². The second-order valence-electron chi connectivity index (χ2n) is 3.71. The molecule has 5 heteroatoms. The minimum atomic E-state index is 0.147. The summed E-state index contributed by atoms with van der Waals surface area (Å²) in [5.74, 6) is 1.73. The average Bonchev–Trinajstić information content (AvgIpc) is 2.75. The van der Waals surface area contributed by atoms with Crippen molar-refractivity contribution in [1.29, 1.82) is 0 Å². The van der Waals surface area contributed by atoms with Crippen LogP contribution in [0, 0.1) is 0 Å². The third kappa shape index (κ3) is 1.71. The molecule has 2 aromatic rings. The van der Waals surface area contributed by atoms with Crippen LogP contribution in [0.4, 0.5) is 0 Å². The van der Waals surface area contributed by atoms with Crippen LogP contribution in [-0.2, 0) is 6.42 Å². The van der Waals surface area contributed by atoms with Gasteiger partial charge < -0.3 is 9.15 Å². The average molecular weight is 281 g/mol. The number of nitrogens with zero attached hydrogens (tertiary/aromatic N) is 2. The molecule has 1 aromatic heterocycles. The number of halogens is 1. The number of fused-ring (bicyclic) bond motifs is 1. The lowest BCUT2D eigenvalue weighted by molar-refractivity contribution is 0.240. The number of aromatic nitrogens is 2. The number of hydrogen-bond donors (Lipinski definition) is 0. The minimum Gasteiger partial charge on any atom is -0.492 e. The molecule has 0 amide bonds. The van der Waals surface area contributed by atoms with E-state index in [9.17, 15) is 0 Å². The van der Waals surface area contributed by atoms with Crippen molar-refractivity contribution in [2.75, 3.05) is 6.61 Å². The van der Waals surface area contributed by atoms with Gasteiger partial charge >= 0.3 is 0 Å². The van der Waals surface area contributed by atoms with E-state index in [0.717, 1.165) is 12.2 Å². The predicted molar refractivity (Wildman–Crippen MR) is 60.4 cm³/mol. The van der Waals surface area contributed by atoms with E-state index in [4.69, 9.17) is 9.15 Å². The third-order valence-electron chi connectivity index (χ3n) is 2.64. The van der Waals surface area contributed by atoms with Crippen molar-refractivity contribution in [3.05, 3.63) is 40.5 Å². The van der Waals surface area contributed by atoms with Crippen molar-refractivity contribution in [1.82, 2.24) is 10.2 Å². The summed E-state index contributed by atoms with van der Waals surface area (Å²) >= 11 is 3.15. The maximum absolute atomic E-state index is 5.66. The second kappa shape index (κ2) is 3.90. The van der Waals surface area contributed by atoms with Gasteiger partial charge in [0, 0.05) is 15.9 Å². The molecule has 0 bridgehead atoms. The zero-order valence-corrected chi connectivity index (χ0v) is 9.98. The molecular weight excluding hydrogens is 272 g/mol. The highest BCUT2D eigenvalue weighted by molar-refractivity contribution is 9.10. The van der Waals surface area contributed by atoms with Gasteiger partial charge in [0.05, 0.1) is 5.92 Å². The Morgan fingerprint density at radius 2 is 2.12 bits per heavy atom. The Bertz CT molecular complexity index is 512. The Morgan fingerprint density at radius 3 is 2.94 bits per heavy atom. The van der Waals surface area contributed by atoms with Gasteiger partial charge in [0.2, 0.25) is 5.89 Å². The standard InChI is InChI=1S/C11H9BrN2O2/c12-11-14-13-10(16-11)8-5-7-3-1-2-4-9(7)15-6-8/h1-4,8H,5-6H2. The first-order chi connectivity index (χ1) is 7.83. The number of hydrogen-bond acceptors (Lipinski definition) is 4. The van der Waals surface area contributed by atoms with E-state index < -0.39 is 0 Å². The van der Waals surface area contributed by atoms with Crippen LogP contribution in [0.25, 0.3) is 0 Å². The van der Waals surface area contributed by atoms with Crippen molar-refractivity contribution < 1.29 is 9.15 Å². The smallest absolute Gasteiger partial charge is 0.284 e. The lowest BCUT2D eigenvalue weighted by atomic mass is 9.97. The van der Waals surface area contributed by atoms with Crippen LogP contribution in [0.5, 0.6) is 5.75 Å². The molecule has 2 heterocycles. The Hall–Kier alpha value is -1.36. The third-order valence-corrected chi connectivity index (χ3v) is 2.96. The molecule has 0 radical (unpaired) electrons. The molecule has 1 aliphatic rings. The van der Waals surface area contributed by atoms with Gasteiger partial charge in [-0.3, -0.25) is 0 Å². The van der Waals surface area contributed by atoms with Crippen LogP contribution < -0.4 is 4.74 Å². The molecule has 0 saturated carbocycles. The van der Waals surface area contributed by atoms with Crippen LogP contribution in [0.3, 0.4) is 0 Å². The topological polar surface area (TPSA) is 48.2 Å². The SMILES string of the molecule is Brc1nnc(C2COc3ccccc3C2)o1. The van der Waals surface area contributed by atoms with Gasteiger partial charge in [-0.15, -0.1) is 10.2 Å². The largest absolute Gasteiger partial charge is 0.492 e. The fourth-order valence-electron chi connectivity index (χ4n) is 1.87. The normalized spacial score (nSPS) is 18.9. The minimum absolute atomic E-state index is 0.147. The van der Waals surface area contributed by atoms with Crippen LogP contribution in [0.1, 0.15) is 17.4 Å². The van der Waals surface area contributed by atoms with Gasteiger partial charge in [0.25, 0.3) is 4.80 Å². The first kappa shape index (κ1) is 9.84. The molecular formula is C11H9BrN2O2. The van der Waals surface area contributed by atoms with Gasteiger partial charge in [0.1, 0.15) is 12.4 Å². The predicted octanol–water partition coefficient (Wildman–Crippen LogP) is 2.55. The van der Waals surface area contributed by atoms with Gasteiger partial charge in [-0.1, -0.05) is 18.2 Å². The maximum atomic E-state index is 5.66. The highest BCUT2D eigenvalue weighted by Gasteiger charge is 2.25. The van der Waals surface area contributed by atoms with E-state index in [1.807, 2.05) is 18.2 Å². The summed E-state index contributed by atoms with van der Waals surface area (Å²) in [6.45, 7) is 0.589. The van der Waals surface area contributed by atoms with Crippen molar-refractivity contribution in [3.8, 4) is 5.75 Å². The fraction of sp³-hybridized carbons (Fsp3) is 0.273. The van der Waals surface area contributed by atoms with Gasteiger partial charge in [-0.25, -0.2) is 0 Å². The Morgan fingerprint density at radius 1 is 1.25 bits per heavy atom. The lowest BCUT2D eigenvalue weighted by Gasteiger charge is -2.22. The molecule has 0 fully saturated rings. The van der Waals surface area contributed by atoms with Gasteiger partial charge in [-0.05, 0) is 18.1 Å². The highest BCUT2D eigenvalue weighted by atomic mass is 79.9. The summed E-state index contributed by atoms with van der Waals surface area (Å²) in [5, 5.41) is 7.76. The van der Waals surface area contributed by atoms with E-state index in [0.29, 0.717) is 17.3 Å². The quantitative estimate of drug-likeness (QED) is 0.806. The molecule has 16 heavy (non-hydrogen) atoms. The number of rotatable bonds is 1. The summed E-state index contributed by atoms with van der Waals surface area (Å²) in [6.07, 6.45) is 0.880. The number of ether oxygens (including phenoxy) is 1. The first-order valence-corrected chi connectivity index (χ1v) is 5.82. The first-order valence-electron chi connectivity index (χ1n) is 5.02. The zero-order chi connectivity index (χ0) is 11.0. The molecule has 0 N–H and O–H groups in total. The van der Waals surface area contributed by atoms with Gasteiger partial charge in [0.15, 0.2) is 0 Å². The maximum Gasteiger partial charge on any atom is 0.284 e. The van der Waals surface area contributed by atoms with E-state index in [-0.39, 0.29) is 5.92 Å². The van der Waals surface area contributed by atoms with Crippen molar-refractivity contribution in [2.45, 2.75) is 12.3 Å². The van der Waals surface area contributed by atoms with E-state index in [1.165, 1.54) is 5.56 Å². The Kier molecular flexibility index (Phi) is 2.40. The molecule has 0 saturated heterocycles. The van der Waals surface area contributed by atoms with Crippen LogP contribution in [-0.4, -0.2) is 16.8 Å². The molecule has 1 atom stereocenters. The molecule has 1 aromatic carbocycles. The zero-order valence-electron chi connectivity index (χ0n) is 8.39. The number of para-hydroxylation sites is 1. The fourth-order valence-corrected chi connectivity index (χ4v) is 2.11. The van der Waals surface area contributed by atoms with Crippen molar-refractivity contribution in [3.63, 3.8) is 0 Å². The van der Waals surface area contributed by atoms with E-state index in [1.54, 1.807) is 0 Å². The molecule has 3 rings (SSSR count). The summed E-state index contributed by atoms with van der Waals surface area (Å²) in [4.78, 5) is 0.418. The molecule has 1 aliphatic heterocycles. The molecule has 4 nitrogen and oxygen atoms in total. The summed E-state index contributed by atoms with van der Waals surface area (Å²) in [5.41, 5.74) is 1.19. The van der Waals surface area contributed by atoms with E-state index >= 15 is 0 Å². The molecule has 82 valence electrons.